The maximum absolute atomic E-state index is 5.44. The van der Waals surface area contributed by atoms with E-state index in [1.807, 2.05) is 28.9 Å². The van der Waals surface area contributed by atoms with Gasteiger partial charge in [-0.1, -0.05) is 18.2 Å². The predicted octanol–water partition coefficient (Wildman–Crippen LogP) is 2.42. The molecule has 0 radical (unpaired) electrons. The van der Waals surface area contributed by atoms with Crippen LogP contribution in [0.4, 0.5) is 0 Å². The van der Waals surface area contributed by atoms with E-state index in [1.165, 1.54) is 0 Å². The normalized spacial score (nSPS) is 11.1. The summed E-state index contributed by atoms with van der Waals surface area (Å²) in [5, 5.41) is 5.45. The molecule has 1 aromatic carbocycles. The average Bonchev–Trinajstić information content (AvgIpc) is 2.63. The van der Waals surface area contributed by atoms with Crippen LogP contribution in [0.2, 0.25) is 0 Å². The van der Waals surface area contributed by atoms with E-state index in [1.54, 1.807) is 7.11 Å². The van der Waals surface area contributed by atoms with Gasteiger partial charge >= 0.3 is 0 Å². The number of aromatic nitrogens is 2. The van der Waals surface area contributed by atoms with Crippen molar-refractivity contribution in [2.24, 2.45) is 0 Å². The Morgan fingerprint density at radius 1 is 1.31 bits per heavy atom. The average molecular weight is 285 g/mol. The largest absolute Gasteiger partial charge is 0.382 e. The molecule has 1 heterocycles. The Morgan fingerprint density at radius 2 is 2.12 bits per heavy atom. The Kier molecular flexibility index (Phi) is 3.93. The summed E-state index contributed by atoms with van der Waals surface area (Å²) in [6.07, 6.45) is 0. The van der Waals surface area contributed by atoms with E-state index < -0.39 is 0 Å². The fourth-order valence-electron chi connectivity index (χ4n) is 1.48. The fourth-order valence-corrected chi connectivity index (χ4v) is 2.01. The third-order valence-electron chi connectivity index (χ3n) is 2.26. The SMILES string of the molecule is COCCOCn1nc(Br)c2ccccc21. The first-order chi connectivity index (χ1) is 7.83. The molecular weight excluding hydrogens is 272 g/mol. The first-order valence-corrected chi connectivity index (χ1v) is 5.80. The zero-order chi connectivity index (χ0) is 11.4. The summed E-state index contributed by atoms with van der Waals surface area (Å²) in [6.45, 7) is 1.61. The second kappa shape index (κ2) is 5.43. The van der Waals surface area contributed by atoms with E-state index in [9.17, 15) is 0 Å². The van der Waals surface area contributed by atoms with Gasteiger partial charge in [-0.25, -0.2) is 4.68 Å². The molecule has 4 nitrogen and oxygen atoms in total. The van der Waals surface area contributed by atoms with Gasteiger partial charge in [-0.15, -0.1) is 0 Å². The summed E-state index contributed by atoms with van der Waals surface area (Å²) >= 11 is 3.43. The van der Waals surface area contributed by atoms with Crippen LogP contribution in [0.5, 0.6) is 0 Å². The van der Waals surface area contributed by atoms with Gasteiger partial charge in [0.15, 0.2) is 0 Å². The molecular formula is C11H13BrN2O2. The number of halogens is 1. The molecule has 0 saturated heterocycles. The van der Waals surface area contributed by atoms with Crippen molar-refractivity contribution in [1.82, 2.24) is 9.78 Å². The van der Waals surface area contributed by atoms with Gasteiger partial charge < -0.3 is 9.47 Å². The maximum atomic E-state index is 5.44. The number of para-hydroxylation sites is 1. The van der Waals surface area contributed by atoms with Crippen LogP contribution >= 0.6 is 15.9 Å². The number of ether oxygens (including phenoxy) is 2. The molecule has 0 bridgehead atoms. The summed E-state index contributed by atoms with van der Waals surface area (Å²) in [5.41, 5.74) is 1.06. The molecule has 0 atom stereocenters. The molecule has 0 aliphatic carbocycles. The number of rotatable bonds is 5. The van der Waals surface area contributed by atoms with E-state index in [-0.39, 0.29) is 0 Å². The quantitative estimate of drug-likeness (QED) is 0.792. The Bertz CT molecular complexity index is 470. The maximum Gasteiger partial charge on any atom is 0.140 e. The van der Waals surface area contributed by atoms with Crippen molar-refractivity contribution >= 4 is 26.8 Å². The Morgan fingerprint density at radius 3 is 2.94 bits per heavy atom. The van der Waals surface area contributed by atoms with E-state index in [4.69, 9.17) is 9.47 Å². The van der Waals surface area contributed by atoms with Gasteiger partial charge in [0.1, 0.15) is 11.3 Å². The van der Waals surface area contributed by atoms with Crippen molar-refractivity contribution in [2.75, 3.05) is 20.3 Å². The van der Waals surface area contributed by atoms with Crippen molar-refractivity contribution in [3.05, 3.63) is 28.9 Å². The highest BCUT2D eigenvalue weighted by Gasteiger charge is 2.06. The summed E-state index contributed by atoms with van der Waals surface area (Å²) in [4.78, 5) is 0. The highest BCUT2D eigenvalue weighted by Crippen LogP contribution is 2.22. The minimum Gasteiger partial charge on any atom is -0.382 e. The van der Waals surface area contributed by atoms with Gasteiger partial charge in [0.25, 0.3) is 0 Å². The van der Waals surface area contributed by atoms with Crippen molar-refractivity contribution in [2.45, 2.75) is 6.73 Å². The van der Waals surface area contributed by atoms with E-state index in [0.717, 1.165) is 15.5 Å². The van der Waals surface area contributed by atoms with Gasteiger partial charge in [0.2, 0.25) is 0 Å². The molecule has 2 aromatic rings. The Balaban J connectivity index is 2.12. The van der Waals surface area contributed by atoms with Crippen LogP contribution in [0.25, 0.3) is 10.9 Å². The fraction of sp³-hybridized carbons (Fsp3) is 0.364. The predicted molar refractivity (Wildman–Crippen MR) is 65.3 cm³/mol. The zero-order valence-corrected chi connectivity index (χ0v) is 10.6. The molecule has 0 N–H and O–H groups in total. The lowest BCUT2D eigenvalue weighted by Gasteiger charge is -2.04. The number of hydrogen-bond acceptors (Lipinski definition) is 3. The molecule has 0 unspecified atom stereocenters. The topological polar surface area (TPSA) is 36.3 Å². The van der Waals surface area contributed by atoms with Crippen molar-refractivity contribution in [1.29, 1.82) is 0 Å². The Hall–Kier alpha value is -0.910. The molecule has 0 amide bonds. The van der Waals surface area contributed by atoms with Crippen LogP contribution in [-0.2, 0) is 16.2 Å². The first-order valence-electron chi connectivity index (χ1n) is 5.00. The Labute approximate surface area is 102 Å². The molecule has 0 spiro atoms. The number of methoxy groups -OCH3 is 1. The molecule has 0 fully saturated rings. The monoisotopic (exact) mass is 284 g/mol. The van der Waals surface area contributed by atoms with Gasteiger partial charge in [0.05, 0.1) is 18.7 Å². The number of fused-ring (bicyclic) bond motifs is 1. The standard InChI is InChI=1S/C11H13BrN2O2/c1-15-6-7-16-8-14-10-5-3-2-4-9(10)11(12)13-14/h2-5H,6-8H2,1H3. The van der Waals surface area contributed by atoms with Gasteiger partial charge in [-0.3, -0.25) is 0 Å². The van der Waals surface area contributed by atoms with Crippen LogP contribution in [-0.4, -0.2) is 30.1 Å². The summed E-state index contributed by atoms with van der Waals surface area (Å²) in [5.74, 6) is 0. The van der Waals surface area contributed by atoms with Crippen LogP contribution in [0.15, 0.2) is 28.9 Å². The van der Waals surface area contributed by atoms with Gasteiger partial charge in [0, 0.05) is 12.5 Å². The molecule has 5 heteroatoms. The minimum atomic E-state index is 0.440. The lowest BCUT2D eigenvalue weighted by atomic mass is 10.3. The molecule has 16 heavy (non-hydrogen) atoms. The van der Waals surface area contributed by atoms with Crippen molar-refractivity contribution in [3.63, 3.8) is 0 Å². The number of nitrogens with zero attached hydrogens (tertiary/aromatic N) is 2. The van der Waals surface area contributed by atoms with Crippen molar-refractivity contribution in [3.8, 4) is 0 Å². The van der Waals surface area contributed by atoms with E-state index >= 15 is 0 Å². The highest BCUT2D eigenvalue weighted by molar-refractivity contribution is 9.10. The summed E-state index contributed by atoms with van der Waals surface area (Å²) in [6, 6.07) is 8.03. The van der Waals surface area contributed by atoms with Crippen LogP contribution in [0.3, 0.4) is 0 Å². The third kappa shape index (κ3) is 2.42. The van der Waals surface area contributed by atoms with Gasteiger partial charge in [-0.05, 0) is 22.0 Å². The van der Waals surface area contributed by atoms with E-state index in [2.05, 4.69) is 21.0 Å². The highest BCUT2D eigenvalue weighted by atomic mass is 79.9. The lowest BCUT2D eigenvalue weighted by molar-refractivity contribution is 0.0307. The second-order valence-corrected chi connectivity index (χ2v) is 4.09. The zero-order valence-electron chi connectivity index (χ0n) is 9.02. The molecule has 2 rings (SSSR count). The van der Waals surface area contributed by atoms with Gasteiger partial charge in [-0.2, -0.15) is 5.10 Å². The van der Waals surface area contributed by atoms with Crippen LogP contribution < -0.4 is 0 Å². The lowest BCUT2D eigenvalue weighted by Crippen LogP contribution is -2.08. The number of benzene rings is 1. The van der Waals surface area contributed by atoms with Crippen molar-refractivity contribution < 1.29 is 9.47 Å². The molecule has 1 aromatic heterocycles. The third-order valence-corrected chi connectivity index (χ3v) is 2.84. The van der Waals surface area contributed by atoms with Crippen LogP contribution in [0.1, 0.15) is 0 Å². The molecule has 0 saturated carbocycles. The second-order valence-electron chi connectivity index (χ2n) is 3.34. The molecule has 86 valence electrons. The minimum absolute atomic E-state index is 0.440. The molecule has 0 aliphatic heterocycles. The smallest absolute Gasteiger partial charge is 0.140 e. The summed E-state index contributed by atoms with van der Waals surface area (Å²) < 4.78 is 13.0. The van der Waals surface area contributed by atoms with E-state index in [0.29, 0.717) is 19.9 Å². The first kappa shape index (κ1) is 11.6. The van der Waals surface area contributed by atoms with Crippen LogP contribution in [0, 0.1) is 0 Å². The summed E-state index contributed by atoms with van der Waals surface area (Å²) in [7, 11) is 1.66. The molecule has 0 aliphatic rings. The number of hydrogen-bond donors (Lipinski definition) is 0.